The number of fused-ring (bicyclic) bond motifs is 2. The van der Waals surface area contributed by atoms with Crippen molar-refractivity contribution >= 4 is 11.3 Å². The minimum atomic E-state index is 0.00269. The third-order valence-electron chi connectivity index (χ3n) is 4.56. The number of aryl methyl sites for hydroxylation is 2. The highest BCUT2D eigenvalue weighted by molar-refractivity contribution is 5.69. The van der Waals surface area contributed by atoms with Crippen LogP contribution in [0.2, 0.25) is 0 Å². The lowest BCUT2D eigenvalue weighted by Gasteiger charge is -2.16. The quantitative estimate of drug-likeness (QED) is 0.779. The zero-order valence-corrected chi connectivity index (χ0v) is 12.6. The molecule has 0 amide bonds. The molecule has 0 saturated carbocycles. The first-order valence-corrected chi connectivity index (χ1v) is 7.69. The predicted molar refractivity (Wildman–Crippen MR) is 87.0 cm³/mol. The third kappa shape index (κ3) is 1.99. The molecule has 2 N–H and O–H groups in total. The fraction of sp³-hybridized carbons (Fsp3) is 0.278. The van der Waals surface area contributed by atoms with Gasteiger partial charge in [0.1, 0.15) is 0 Å². The van der Waals surface area contributed by atoms with E-state index in [0.717, 1.165) is 35.6 Å². The lowest BCUT2D eigenvalue weighted by Crippen LogP contribution is -2.08. The molecule has 4 rings (SSSR count). The Bertz CT molecular complexity index is 837. The number of nitrogens with zero attached hydrogens (tertiary/aromatic N) is 2. The van der Waals surface area contributed by atoms with Crippen molar-refractivity contribution in [2.45, 2.75) is 32.4 Å². The molecule has 1 aliphatic carbocycles. The molecule has 0 radical (unpaired) electrons. The normalized spacial score (nSPS) is 16.9. The summed E-state index contributed by atoms with van der Waals surface area (Å²) in [4.78, 5) is 4.62. The van der Waals surface area contributed by atoms with Gasteiger partial charge in [-0.25, -0.2) is 4.98 Å². The van der Waals surface area contributed by atoms with Crippen molar-refractivity contribution in [2.24, 2.45) is 0 Å². The summed E-state index contributed by atoms with van der Waals surface area (Å²) in [7, 11) is 0. The standard InChI is InChI=1S/C18H19N3O/c1-12-17(11-22)21-10-4-7-16(18(21)19-12)20-15-9-8-13-5-2-3-6-14(13)15/h2-7,10,15,20,22H,8-9,11H2,1H3. The largest absolute Gasteiger partial charge is 0.390 e. The van der Waals surface area contributed by atoms with Crippen molar-refractivity contribution in [3.8, 4) is 0 Å². The van der Waals surface area contributed by atoms with E-state index >= 15 is 0 Å². The van der Waals surface area contributed by atoms with Gasteiger partial charge in [-0.1, -0.05) is 24.3 Å². The van der Waals surface area contributed by atoms with Crippen molar-refractivity contribution in [3.63, 3.8) is 0 Å². The van der Waals surface area contributed by atoms with Gasteiger partial charge in [-0.3, -0.25) is 4.40 Å². The minimum Gasteiger partial charge on any atom is -0.390 e. The second-order valence-corrected chi connectivity index (χ2v) is 5.85. The first kappa shape index (κ1) is 13.3. The number of anilines is 1. The van der Waals surface area contributed by atoms with Gasteiger partial charge in [-0.15, -0.1) is 0 Å². The van der Waals surface area contributed by atoms with Gasteiger partial charge in [0.15, 0.2) is 5.65 Å². The first-order chi connectivity index (χ1) is 10.8. The van der Waals surface area contributed by atoms with Crippen LogP contribution in [-0.2, 0) is 13.0 Å². The summed E-state index contributed by atoms with van der Waals surface area (Å²) in [6.07, 6.45) is 4.17. The molecule has 0 spiro atoms. The molecule has 22 heavy (non-hydrogen) atoms. The number of benzene rings is 1. The van der Waals surface area contributed by atoms with Crippen molar-refractivity contribution < 1.29 is 5.11 Å². The average Bonchev–Trinajstić information content (AvgIpc) is 3.08. The summed E-state index contributed by atoms with van der Waals surface area (Å²) in [6, 6.07) is 13.0. The van der Waals surface area contributed by atoms with Crippen LogP contribution in [-0.4, -0.2) is 14.5 Å². The molecule has 0 saturated heterocycles. The monoisotopic (exact) mass is 293 g/mol. The maximum atomic E-state index is 9.53. The van der Waals surface area contributed by atoms with Gasteiger partial charge in [0.25, 0.3) is 0 Å². The Labute approximate surface area is 129 Å². The van der Waals surface area contributed by atoms with Gasteiger partial charge in [-0.05, 0) is 43.0 Å². The molecule has 3 aromatic rings. The van der Waals surface area contributed by atoms with Gasteiger partial charge < -0.3 is 10.4 Å². The Morgan fingerprint density at radius 3 is 3.00 bits per heavy atom. The Balaban J connectivity index is 1.74. The van der Waals surface area contributed by atoms with Gasteiger partial charge >= 0.3 is 0 Å². The maximum Gasteiger partial charge on any atom is 0.160 e. The number of nitrogens with one attached hydrogen (secondary N) is 1. The van der Waals surface area contributed by atoms with Crippen LogP contribution < -0.4 is 5.32 Å². The lowest BCUT2D eigenvalue weighted by molar-refractivity contribution is 0.275. The Kier molecular flexibility index (Phi) is 3.12. The van der Waals surface area contributed by atoms with Crippen LogP contribution in [0, 0.1) is 6.92 Å². The fourth-order valence-corrected chi connectivity index (χ4v) is 3.43. The highest BCUT2D eigenvalue weighted by atomic mass is 16.3. The van der Waals surface area contributed by atoms with Gasteiger partial charge in [0, 0.05) is 6.20 Å². The Morgan fingerprint density at radius 2 is 2.14 bits per heavy atom. The van der Waals surface area contributed by atoms with E-state index in [1.165, 1.54) is 11.1 Å². The molecule has 1 atom stereocenters. The SMILES string of the molecule is Cc1nc2c(NC3CCc4ccccc43)cccn2c1CO. The molecular weight excluding hydrogens is 274 g/mol. The summed E-state index contributed by atoms with van der Waals surface area (Å²) in [5.74, 6) is 0. The number of rotatable bonds is 3. The molecule has 0 fully saturated rings. The van der Waals surface area contributed by atoms with Crippen LogP contribution in [0.3, 0.4) is 0 Å². The van der Waals surface area contributed by atoms with Crippen LogP contribution in [0.4, 0.5) is 5.69 Å². The number of aromatic nitrogens is 2. The van der Waals surface area contributed by atoms with Crippen LogP contribution >= 0.6 is 0 Å². The number of aliphatic hydroxyl groups excluding tert-OH is 1. The maximum absolute atomic E-state index is 9.53. The molecule has 2 heterocycles. The predicted octanol–water partition coefficient (Wildman–Crippen LogP) is 3.23. The van der Waals surface area contributed by atoms with Gasteiger partial charge in [0.05, 0.1) is 29.7 Å². The molecule has 1 unspecified atom stereocenters. The van der Waals surface area contributed by atoms with E-state index in [-0.39, 0.29) is 6.61 Å². The summed E-state index contributed by atoms with van der Waals surface area (Å²) in [6.45, 7) is 1.94. The summed E-state index contributed by atoms with van der Waals surface area (Å²) >= 11 is 0. The third-order valence-corrected chi connectivity index (χ3v) is 4.56. The molecule has 4 nitrogen and oxygen atoms in total. The van der Waals surface area contributed by atoms with Gasteiger partial charge in [-0.2, -0.15) is 0 Å². The lowest BCUT2D eigenvalue weighted by atomic mass is 10.1. The van der Waals surface area contributed by atoms with E-state index in [1.54, 1.807) is 0 Å². The second-order valence-electron chi connectivity index (χ2n) is 5.85. The molecule has 1 aromatic carbocycles. The molecule has 2 aromatic heterocycles. The first-order valence-electron chi connectivity index (χ1n) is 7.69. The molecule has 4 heteroatoms. The smallest absolute Gasteiger partial charge is 0.160 e. The van der Waals surface area contributed by atoms with E-state index in [0.29, 0.717) is 6.04 Å². The number of hydrogen-bond acceptors (Lipinski definition) is 3. The van der Waals surface area contributed by atoms with Crippen LogP contribution in [0.25, 0.3) is 5.65 Å². The molecule has 112 valence electrons. The summed E-state index contributed by atoms with van der Waals surface area (Å²) in [5.41, 5.74) is 6.45. The van der Waals surface area contributed by atoms with E-state index in [1.807, 2.05) is 23.6 Å². The number of hydrogen-bond donors (Lipinski definition) is 2. The van der Waals surface area contributed by atoms with Crippen molar-refractivity contribution in [3.05, 3.63) is 65.1 Å². The van der Waals surface area contributed by atoms with E-state index < -0.39 is 0 Å². The summed E-state index contributed by atoms with van der Waals surface area (Å²) in [5, 5.41) is 13.2. The minimum absolute atomic E-state index is 0.00269. The number of imidazole rings is 1. The topological polar surface area (TPSA) is 49.6 Å². The number of pyridine rings is 1. The average molecular weight is 293 g/mol. The van der Waals surface area contributed by atoms with E-state index in [4.69, 9.17) is 0 Å². The Hall–Kier alpha value is -2.33. The second kappa shape index (κ2) is 5.14. The molecule has 0 aliphatic heterocycles. The number of aliphatic hydroxyl groups is 1. The van der Waals surface area contributed by atoms with Gasteiger partial charge in [0.2, 0.25) is 0 Å². The zero-order chi connectivity index (χ0) is 15.1. The van der Waals surface area contributed by atoms with Crippen LogP contribution in [0.15, 0.2) is 42.6 Å². The molecule has 1 aliphatic rings. The van der Waals surface area contributed by atoms with E-state index in [9.17, 15) is 5.11 Å². The molecular formula is C18H19N3O. The zero-order valence-electron chi connectivity index (χ0n) is 12.6. The van der Waals surface area contributed by atoms with Crippen LogP contribution in [0.5, 0.6) is 0 Å². The van der Waals surface area contributed by atoms with Crippen molar-refractivity contribution in [2.75, 3.05) is 5.32 Å². The highest BCUT2D eigenvalue weighted by Gasteiger charge is 2.22. The van der Waals surface area contributed by atoms with E-state index in [2.05, 4.69) is 40.6 Å². The molecule has 0 bridgehead atoms. The van der Waals surface area contributed by atoms with Crippen molar-refractivity contribution in [1.29, 1.82) is 0 Å². The summed E-state index contributed by atoms with van der Waals surface area (Å²) < 4.78 is 1.97. The Morgan fingerprint density at radius 1 is 1.27 bits per heavy atom. The fourth-order valence-electron chi connectivity index (χ4n) is 3.43. The van der Waals surface area contributed by atoms with Crippen LogP contribution in [0.1, 0.15) is 35.0 Å². The van der Waals surface area contributed by atoms with Crippen molar-refractivity contribution in [1.82, 2.24) is 9.38 Å². The highest BCUT2D eigenvalue weighted by Crippen LogP contribution is 2.34.